The van der Waals surface area contributed by atoms with E-state index in [0.29, 0.717) is 21.8 Å². The summed E-state index contributed by atoms with van der Waals surface area (Å²) in [6.45, 7) is 4.41. The maximum Gasteiger partial charge on any atom is 0.174 e. The topological polar surface area (TPSA) is 37.8 Å². The Labute approximate surface area is 92.8 Å². The molecule has 1 aromatic rings. The van der Waals surface area contributed by atoms with Crippen molar-refractivity contribution in [1.29, 1.82) is 0 Å². The van der Waals surface area contributed by atoms with Crippen LogP contribution in [0, 0.1) is 5.41 Å². The predicted octanol–water partition coefficient (Wildman–Crippen LogP) is 2.99. The van der Waals surface area contributed by atoms with Crippen LogP contribution in [0.5, 0.6) is 0 Å². The van der Waals surface area contributed by atoms with Gasteiger partial charge in [0.25, 0.3) is 0 Å². The van der Waals surface area contributed by atoms with Crippen LogP contribution in [0.2, 0.25) is 10.3 Å². The molecule has 1 aliphatic rings. The van der Waals surface area contributed by atoms with Gasteiger partial charge in [-0.25, -0.2) is 0 Å². The van der Waals surface area contributed by atoms with Crippen LogP contribution in [-0.2, 0) is 0 Å². The molecule has 0 amide bonds. The van der Waals surface area contributed by atoms with Gasteiger partial charge >= 0.3 is 0 Å². The zero-order valence-electron chi connectivity index (χ0n) is 8.01. The van der Waals surface area contributed by atoms with E-state index in [1.54, 1.807) is 6.07 Å². The Morgan fingerprint density at radius 1 is 1.43 bits per heavy atom. The third-order valence-electron chi connectivity index (χ3n) is 2.56. The molecule has 0 aliphatic heterocycles. The van der Waals surface area contributed by atoms with Crippen molar-refractivity contribution in [3.05, 3.63) is 16.4 Å². The fourth-order valence-electron chi connectivity index (χ4n) is 1.36. The summed E-state index contributed by atoms with van der Waals surface area (Å²) in [5, 5.41) is 11.4. The number of halogens is 2. The molecule has 2 rings (SSSR count). The van der Waals surface area contributed by atoms with Crippen molar-refractivity contribution < 1.29 is 0 Å². The minimum atomic E-state index is 0.346. The first-order chi connectivity index (χ1) is 6.49. The Bertz CT molecular complexity index is 365. The molecule has 0 bridgehead atoms. The van der Waals surface area contributed by atoms with E-state index in [4.69, 9.17) is 23.2 Å². The molecule has 0 saturated heterocycles. The summed E-state index contributed by atoms with van der Waals surface area (Å²) in [6.07, 6.45) is 1.14. The average Bonchev–Trinajstić information content (AvgIpc) is 2.67. The summed E-state index contributed by atoms with van der Waals surface area (Å²) in [4.78, 5) is 0. The molecule has 1 atom stereocenters. The smallest absolute Gasteiger partial charge is 0.174 e. The highest BCUT2D eigenvalue weighted by Gasteiger charge is 2.45. The minimum Gasteiger partial charge on any atom is -0.379 e. The molecule has 3 nitrogen and oxygen atoms in total. The van der Waals surface area contributed by atoms with Crippen LogP contribution in [0.1, 0.15) is 20.3 Å². The van der Waals surface area contributed by atoms with E-state index in [-0.39, 0.29) is 0 Å². The SMILES string of the molecule is CC1(C)CC1Nc1cc(Cl)nnc1Cl. The lowest BCUT2D eigenvalue weighted by Crippen LogP contribution is -2.09. The molecule has 76 valence electrons. The van der Waals surface area contributed by atoms with Crippen LogP contribution in [0.25, 0.3) is 0 Å². The summed E-state index contributed by atoms with van der Waals surface area (Å²) in [5.74, 6) is 0. The van der Waals surface area contributed by atoms with Crippen molar-refractivity contribution in [2.45, 2.75) is 26.3 Å². The van der Waals surface area contributed by atoms with Crippen molar-refractivity contribution in [2.24, 2.45) is 5.41 Å². The molecule has 1 aliphatic carbocycles. The standard InChI is InChI=1S/C9H11Cl2N3/c1-9(2)4-6(9)12-5-3-7(10)13-14-8(5)11/h3,6H,4H2,1-2H3,(H,12,13). The van der Waals surface area contributed by atoms with Gasteiger partial charge in [0.2, 0.25) is 0 Å². The molecule has 1 saturated carbocycles. The number of hydrogen-bond acceptors (Lipinski definition) is 3. The fourth-order valence-corrected chi connectivity index (χ4v) is 1.65. The third kappa shape index (κ3) is 1.93. The first kappa shape index (κ1) is 9.99. The highest BCUT2D eigenvalue weighted by Crippen LogP contribution is 2.47. The van der Waals surface area contributed by atoms with Gasteiger partial charge in [0.05, 0.1) is 5.69 Å². The van der Waals surface area contributed by atoms with E-state index in [0.717, 1.165) is 12.1 Å². The van der Waals surface area contributed by atoms with Crippen molar-refractivity contribution in [1.82, 2.24) is 10.2 Å². The molecule has 5 heteroatoms. The van der Waals surface area contributed by atoms with Gasteiger partial charge in [-0.1, -0.05) is 37.0 Å². The van der Waals surface area contributed by atoms with E-state index in [1.165, 1.54) is 0 Å². The molecule has 14 heavy (non-hydrogen) atoms. The zero-order chi connectivity index (χ0) is 10.3. The Morgan fingerprint density at radius 3 is 2.64 bits per heavy atom. The van der Waals surface area contributed by atoms with Crippen molar-refractivity contribution >= 4 is 28.9 Å². The molecule has 0 radical (unpaired) electrons. The number of nitrogens with zero attached hydrogens (tertiary/aromatic N) is 2. The quantitative estimate of drug-likeness (QED) is 0.851. The molecule has 1 N–H and O–H groups in total. The van der Waals surface area contributed by atoms with Gasteiger partial charge in [-0.2, -0.15) is 0 Å². The van der Waals surface area contributed by atoms with Crippen LogP contribution in [0.15, 0.2) is 6.07 Å². The molecular formula is C9H11Cl2N3. The summed E-state index contributed by atoms with van der Waals surface area (Å²) < 4.78 is 0. The summed E-state index contributed by atoms with van der Waals surface area (Å²) in [5.41, 5.74) is 1.11. The zero-order valence-corrected chi connectivity index (χ0v) is 9.52. The summed E-state index contributed by atoms with van der Waals surface area (Å²) >= 11 is 11.6. The number of aromatic nitrogens is 2. The van der Waals surface area contributed by atoms with E-state index in [2.05, 4.69) is 29.4 Å². The van der Waals surface area contributed by atoms with Gasteiger partial charge in [0.15, 0.2) is 10.3 Å². The largest absolute Gasteiger partial charge is 0.379 e. The maximum absolute atomic E-state index is 5.87. The Hall–Kier alpha value is -0.540. The van der Waals surface area contributed by atoms with Gasteiger partial charge in [0, 0.05) is 12.1 Å². The lowest BCUT2D eigenvalue weighted by Gasteiger charge is -2.08. The summed E-state index contributed by atoms with van der Waals surface area (Å²) in [6, 6.07) is 2.16. The average molecular weight is 232 g/mol. The molecular weight excluding hydrogens is 221 g/mol. The van der Waals surface area contributed by atoms with Crippen molar-refractivity contribution in [2.75, 3.05) is 5.32 Å². The first-order valence-electron chi connectivity index (χ1n) is 4.44. The first-order valence-corrected chi connectivity index (χ1v) is 5.20. The second kappa shape index (κ2) is 3.24. The lowest BCUT2D eigenvalue weighted by molar-refractivity contribution is 0.630. The van der Waals surface area contributed by atoms with E-state index >= 15 is 0 Å². The van der Waals surface area contributed by atoms with Crippen LogP contribution >= 0.6 is 23.2 Å². The Balaban J connectivity index is 2.13. The van der Waals surface area contributed by atoms with Crippen LogP contribution in [0.3, 0.4) is 0 Å². The summed E-state index contributed by atoms with van der Waals surface area (Å²) in [7, 11) is 0. The maximum atomic E-state index is 5.87. The van der Waals surface area contributed by atoms with Crippen molar-refractivity contribution in [3.63, 3.8) is 0 Å². The van der Waals surface area contributed by atoms with Crippen LogP contribution in [0.4, 0.5) is 5.69 Å². The molecule has 0 spiro atoms. The Morgan fingerprint density at radius 2 is 2.07 bits per heavy atom. The molecule has 1 fully saturated rings. The highest BCUT2D eigenvalue weighted by atomic mass is 35.5. The van der Waals surface area contributed by atoms with E-state index < -0.39 is 0 Å². The van der Waals surface area contributed by atoms with Crippen molar-refractivity contribution in [3.8, 4) is 0 Å². The van der Waals surface area contributed by atoms with Gasteiger partial charge < -0.3 is 5.32 Å². The second-order valence-corrected chi connectivity index (χ2v) is 5.01. The fraction of sp³-hybridized carbons (Fsp3) is 0.556. The van der Waals surface area contributed by atoms with E-state index in [9.17, 15) is 0 Å². The number of hydrogen-bond donors (Lipinski definition) is 1. The van der Waals surface area contributed by atoms with Gasteiger partial charge in [-0.05, 0) is 11.8 Å². The van der Waals surface area contributed by atoms with Crippen LogP contribution in [-0.4, -0.2) is 16.2 Å². The predicted molar refractivity (Wildman–Crippen MR) is 57.9 cm³/mol. The number of nitrogens with one attached hydrogen (secondary N) is 1. The number of anilines is 1. The monoisotopic (exact) mass is 231 g/mol. The van der Waals surface area contributed by atoms with Gasteiger partial charge in [-0.3, -0.25) is 0 Å². The van der Waals surface area contributed by atoms with E-state index in [1.807, 2.05) is 0 Å². The third-order valence-corrected chi connectivity index (χ3v) is 3.03. The van der Waals surface area contributed by atoms with Gasteiger partial charge in [-0.15, -0.1) is 10.2 Å². The number of rotatable bonds is 2. The normalized spacial score (nSPS) is 23.3. The van der Waals surface area contributed by atoms with Crippen LogP contribution < -0.4 is 5.32 Å². The minimum absolute atomic E-state index is 0.346. The Kier molecular flexibility index (Phi) is 2.32. The lowest BCUT2D eigenvalue weighted by atomic mass is 10.2. The molecule has 0 aromatic carbocycles. The molecule has 1 heterocycles. The molecule has 1 aromatic heterocycles. The van der Waals surface area contributed by atoms with Gasteiger partial charge in [0.1, 0.15) is 0 Å². The second-order valence-electron chi connectivity index (χ2n) is 4.26. The highest BCUT2D eigenvalue weighted by molar-refractivity contribution is 6.33. The molecule has 1 unspecified atom stereocenters.